The normalized spacial score (nSPS) is 14.3. The van der Waals surface area contributed by atoms with Crippen LogP contribution in [0.15, 0.2) is 18.2 Å². The molecule has 0 aliphatic heterocycles. The highest BCUT2D eigenvalue weighted by Crippen LogP contribution is 2.29. The quantitative estimate of drug-likeness (QED) is 0.851. The van der Waals surface area contributed by atoms with Gasteiger partial charge in [0.15, 0.2) is 0 Å². The monoisotopic (exact) mass is 260 g/mol. The molecule has 1 fully saturated rings. The smallest absolute Gasteiger partial charge is 0.253 e. The maximum Gasteiger partial charge on any atom is 0.253 e. The summed E-state index contributed by atoms with van der Waals surface area (Å²) in [7, 11) is 1.90. The van der Waals surface area contributed by atoms with E-state index in [4.69, 9.17) is 0 Å². The Kier molecular flexibility index (Phi) is 4.46. The van der Waals surface area contributed by atoms with E-state index in [9.17, 15) is 4.79 Å². The van der Waals surface area contributed by atoms with Crippen molar-refractivity contribution < 1.29 is 4.79 Å². The summed E-state index contributed by atoms with van der Waals surface area (Å²) >= 11 is 0. The van der Waals surface area contributed by atoms with Gasteiger partial charge >= 0.3 is 0 Å². The number of hydrogen-bond donors (Lipinski definition) is 1. The molecule has 0 aromatic heterocycles. The molecule has 1 aliphatic carbocycles. The second-order valence-electron chi connectivity index (χ2n) is 5.59. The summed E-state index contributed by atoms with van der Waals surface area (Å²) in [6.07, 6.45) is 3.65. The third-order valence-corrected chi connectivity index (χ3v) is 3.61. The standard InChI is InChI=1S/C16H24N2O/c1-4-9-17-15-8-7-14(10-12(15)2)16(19)18(3)11-13-5-6-13/h7-8,10,13,17H,4-6,9,11H2,1-3H3. The lowest BCUT2D eigenvalue weighted by atomic mass is 10.1. The minimum atomic E-state index is 0.136. The van der Waals surface area contributed by atoms with Gasteiger partial charge in [0.05, 0.1) is 0 Å². The first-order valence-corrected chi connectivity index (χ1v) is 7.21. The maximum absolute atomic E-state index is 12.3. The van der Waals surface area contributed by atoms with Crippen LogP contribution in [0.5, 0.6) is 0 Å². The molecule has 1 amide bonds. The number of benzene rings is 1. The zero-order chi connectivity index (χ0) is 13.8. The van der Waals surface area contributed by atoms with E-state index in [1.807, 2.05) is 30.1 Å². The number of nitrogens with one attached hydrogen (secondary N) is 1. The third kappa shape index (κ3) is 3.72. The van der Waals surface area contributed by atoms with Crippen LogP contribution in [-0.2, 0) is 0 Å². The van der Waals surface area contributed by atoms with Crippen LogP contribution < -0.4 is 5.32 Å². The minimum absolute atomic E-state index is 0.136. The summed E-state index contributed by atoms with van der Waals surface area (Å²) in [5.74, 6) is 0.873. The molecular weight excluding hydrogens is 236 g/mol. The lowest BCUT2D eigenvalue weighted by molar-refractivity contribution is 0.0788. The molecular formula is C16H24N2O. The highest BCUT2D eigenvalue weighted by Gasteiger charge is 2.25. The summed E-state index contributed by atoms with van der Waals surface area (Å²) in [6.45, 7) is 6.06. The fraction of sp³-hybridized carbons (Fsp3) is 0.562. The molecule has 19 heavy (non-hydrogen) atoms. The van der Waals surface area contributed by atoms with Gasteiger partial charge in [-0.3, -0.25) is 4.79 Å². The summed E-state index contributed by atoms with van der Waals surface area (Å²) < 4.78 is 0. The minimum Gasteiger partial charge on any atom is -0.385 e. The van der Waals surface area contributed by atoms with Gasteiger partial charge in [-0.05, 0) is 55.9 Å². The van der Waals surface area contributed by atoms with E-state index >= 15 is 0 Å². The van der Waals surface area contributed by atoms with Crippen LogP contribution in [0.3, 0.4) is 0 Å². The van der Waals surface area contributed by atoms with E-state index in [1.165, 1.54) is 12.8 Å². The van der Waals surface area contributed by atoms with Crippen molar-refractivity contribution in [3.8, 4) is 0 Å². The molecule has 1 saturated carbocycles. The number of rotatable bonds is 6. The van der Waals surface area contributed by atoms with Gasteiger partial charge in [-0.25, -0.2) is 0 Å². The molecule has 2 rings (SSSR count). The van der Waals surface area contributed by atoms with Gasteiger partial charge < -0.3 is 10.2 Å². The van der Waals surface area contributed by atoms with Crippen LogP contribution >= 0.6 is 0 Å². The van der Waals surface area contributed by atoms with Gasteiger partial charge in [-0.1, -0.05) is 6.92 Å². The second kappa shape index (κ2) is 6.09. The van der Waals surface area contributed by atoms with Crippen LogP contribution in [0.4, 0.5) is 5.69 Å². The topological polar surface area (TPSA) is 32.3 Å². The van der Waals surface area contributed by atoms with Gasteiger partial charge in [0.1, 0.15) is 0 Å². The Hall–Kier alpha value is -1.51. The van der Waals surface area contributed by atoms with E-state index in [0.717, 1.165) is 42.2 Å². The van der Waals surface area contributed by atoms with Gasteiger partial charge in [-0.2, -0.15) is 0 Å². The van der Waals surface area contributed by atoms with Crippen molar-refractivity contribution in [1.29, 1.82) is 0 Å². The van der Waals surface area contributed by atoms with Gasteiger partial charge in [-0.15, -0.1) is 0 Å². The molecule has 1 aromatic rings. The summed E-state index contributed by atoms with van der Waals surface area (Å²) in [6, 6.07) is 5.93. The maximum atomic E-state index is 12.3. The van der Waals surface area contributed by atoms with E-state index in [0.29, 0.717) is 0 Å². The number of aryl methyl sites for hydroxylation is 1. The summed E-state index contributed by atoms with van der Waals surface area (Å²) in [5, 5.41) is 3.38. The van der Waals surface area contributed by atoms with Crippen LogP contribution in [0.2, 0.25) is 0 Å². The average molecular weight is 260 g/mol. The van der Waals surface area contributed by atoms with Crippen molar-refractivity contribution in [3.63, 3.8) is 0 Å². The number of carbonyl (C=O) groups excluding carboxylic acids is 1. The molecule has 0 unspecified atom stereocenters. The number of nitrogens with zero attached hydrogens (tertiary/aromatic N) is 1. The highest BCUT2D eigenvalue weighted by molar-refractivity contribution is 5.94. The van der Waals surface area contributed by atoms with Crippen molar-refractivity contribution in [2.45, 2.75) is 33.1 Å². The van der Waals surface area contributed by atoms with Crippen molar-refractivity contribution in [2.75, 3.05) is 25.5 Å². The van der Waals surface area contributed by atoms with E-state index in [-0.39, 0.29) is 5.91 Å². The third-order valence-electron chi connectivity index (χ3n) is 3.61. The lowest BCUT2D eigenvalue weighted by Gasteiger charge is -2.18. The van der Waals surface area contributed by atoms with E-state index < -0.39 is 0 Å². The predicted octanol–water partition coefficient (Wildman–Crippen LogP) is 3.30. The Balaban J connectivity index is 2.03. The first kappa shape index (κ1) is 13.9. The van der Waals surface area contributed by atoms with Gasteiger partial charge in [0.25, 0.3) is 5.91 Å². The zero-order valence-corrected chi connectivity index (χ0v) is 12.2. The van der Waals surface area contributed by atoms with Crippen LogP contribution in [0.1, 0.15) is 42.1 Å². The fourth-order valence-electron chi connectivity index (χ4n) is 2.25. The molecule has 104 valence electrons. The van der Waals surface area contributed by atoms with Crippen molar-refractivity contribution in [1.82, 2.24) is 4.90 Å². The van der Waals surface area contributed by atoms with Crippen LogP contribution in [0.25, 0.3) is 0 Å². The number of carbonyl (C=O) groups is 1. The second-order valence-corrected chi connectivity index (χ2v) is 5.59. The SMILES string of the molecule is CCCNc1ccc(C(=O)N(C)CC2CC2)cc1C. The number of anilines is 1. The van der Waals surface area contributed by atoms with Gasteiger partial charge in [0, 0.05) is 31.4 Å². The molecule has 0 bridgehead atoms. The Labute approximate surface area is 116 Å². The first-order chi connectivity index (χ1) is 9.11. The van der Waals surface area contributed by atoms with Crippen LogP contribution in [0, 0.1) is 12.8 Å². The molecule has 0 radical (unpaired) electrons. The molecule has 0 heterocycles. The van der Waals surface area contributed by atoms with Crippen LogP contribution in [-0.4, -0.2) is 30.9 Å². The lowest BCUT2D eigenvalue weighted by Crippen LogP contribution is -2.28. The van der Waals surface area contributed by atoms with E-state index in [1.54, 1.807) is 0 Å². The highest BCUT2D eigenvalue weighted by atomic mass is 16.2. The predicted molar refractivity (Wildman–Crippen MR) is 79.6 cm³/mol. The number of hydrogen-bond acceptors (Lipinski definition) is 2. The largest absolute Gasteiger partial charge is 0.385 e. The summed E-state index contributed by atoms with van der Waals surface area (Å²) in [5.41, 5.74) is 3.06. The fourth-order valence-corrected chi connectivity index (χ4v) is 2.25. The molecule has 0 spiro atoms. The molecule has 0 atom stereocenters. The van der Waals surface area contributed by atoms with Crippen molar-refractivity contribution >= 4 is 11.6 Å². The zero-order valence-electron chi connectivity index (χ0n) is 12.2. The Morgan fingerprint density at radius 2 is 2.16 bits per heavy atom. The molecule has 0 saturated heterocycles. The van der Waals surface area contributed by atoms with Crippen molar-refractivity contribution in [2.24, 2.45) is 5.92 Å². The van der Waals surface area contributed by atoms with Gasteiger partial charge in [0.2, 0.25) is 0 Å². The molecule has 1 aromatic carbocycles. The molecule has 1 N–H and O–H groups in total. The number of amides is 1. The Morgan fingerprint density at radius 3 is 2.74 bits per heavy atom. The molecule has 3 nitrogen and oxygen atoms in total. The molecule has 1 aliphatic rings. The average Bonchev–Trinajstić information content (AvgIpc) is 3.20. The molecule has 3 heteroatoms. The van der Waals surface area contributed by atoms with E-state index in [2.05, 4.69) is 19.2 Å². The van der Waals surface area contributed by atoms with Crippen molar-refractivity contribution in [3.05, 3.63) is 29.3 Å². The Bertz CT molecular complexity index is 452. The summed E-state index contributed by atoms with van der Waals surface area (Å²) in [4.78, 5) is 14.1. The first-order valence-electron chi connectivity index (χ1n) is 7.21. The Morgan fingerprint density at radius 1 is 1.42 bits per heavy atom.